The normalized spacial score (nSPS) is 17.8. The van der Waals surface area contributed by atoms with Gasteiger partial charge in [-0.1, -0.05) is 55.8 Å². The second-order valence-corrected chi connectivity index (χ2v) is 12.2. The number of halogens is 1. The van der Waals surface area contributed by atoms with Crippen LogP contribution < -0.4 is 5.32 Å². The number of nitrogens with one attached hydrogen (secondary N) is 1. The van der Waals surface area contributed by atoms with Crippen molar-refractivity contribution < 1.29 is 27.5 Å². The van der Waals surface area contributed by atoms with Gasteiger partial charge >= 0.3 is 5.97 Å². The van der Waals surface area contributed by atoms with Crippen LogP contribution in [0, 0.1) is 11.8 Å². The van der Waals surface area contributed by atoms with E-state index in [4.69, 9.17) is 16.3 Å². The minimum Gasteiger partial charge on any atom is -0.452 e. The zero-order chi connectivity index (χ0) is 28.2. The first-order valence-electron chi connectivity index (χ1n) is 12.5. The highest BCUT2D eigenvalue weighted by atomic mass is 35.5. The Balaban J connectivity index is 1.38. The number of hydrogen-bond donors (Lipinski definition) is 1. The summed E-state index contributed by atoms with van der Waals surface area (Å²) in [6, 6.07) is 18.5. The molecule has 1 aliphatic heterocycles. The van der Waals surface area contributed by atoms with Gasteiger partial charge in [-0.3, -0.25) is 9.59 Å². The highest BCUT2D eigenvalue weighted by Crippen LogP contribution is 2.27. The molecule has 0 bridgehead atoms. The third-order valence-electron chi connectivity index (χ3n) is 6.43. The number of ketones is 1. The van der Waals surface area contributed by atoms with Crippen LogP contribution in [0.2, 0.25) is 5.02 Å². The summed E-state index contributed by atoms with van der Waals surface area (Å²) >= 11 is 6.08. The Morgan fingerprint density at radius 3 is 2.21 bits per heavy atom. The highest BCUT2D eigenvalue weighted by molar-refractivity contribution is 7.89. The first-order chi connectivity index (χ1) is 18.5. The summed E-state index contributed by atoms with van der Waals surface area (Å²) < 4.78 is 32.7. The number of sulfonamides is 1. The number of benzene rings is 3. The zero-order valence-corrected chi connectivity index (χ0v) is 23.2. The largest absolute Gasteiger partial charge is 0.452 e. The van der Waals surface area contributed by atoms with E-state index < -0.39 is 28.5 Å². The van der Waals surface area contributed by atoms with Gasteiger partial charge in [-0.25, -0.2) is 13.2 Å². The van der Waals surface area contributed by atoms with Gasteiger partial charge in [0.05, 0.1) is 16.1 Å². The Bertz CT molecular complexity index is 1470. The average Bonchev–Trinajstić information content (AvgIpc) is 2.92. The third kappa shape index (κ3) is 6.92. The molecular weight excluding hydrogens is 540 g/mol. The number of rotatable bonds is 8. The van der Waals surface area contributed by atoms with E-state index in [9.17, 15) is 22.8 Å². The topological polar surface area (TPSA) is 110 Å². The molecule has 1 aliphatic rings. The van der Waals surface area contributed by atoms with Crippen LogP contribution in [0.1, 0.15) is 46.5 Å². The summed E-state index contributed by atoms with van der Waals surface area (Å²) in [5, 5.41) is 2.91. The second kappa shape index (κ2) is 12.1. The van der Waals surface area contributed by atoms with E-state index in [1.807, 2.05) is 13.8 Å². The van der Waals surface area contributed by atoms with Crippen LogP contribution in [0.5, 0.6) is 0 Å². The van der Waals surface area contributed by atoms with Gasteiger partial charge < -0.3 is 10.1 Å². The molecule has 1 heterocycles. The maximum absolute atomic E-state index is 13.1. The molecule has 204 valence electrons. The molecule has 0 aliphatic carbocycles. The van der Waals surface area contributed by atoms with Gasteiger partial charge in [0.2, 0.25) is 10.0 Å². The van der Waals surface area contributed by atoms with E-state index in [-0.39, 0.29) is 39.3 Å². The number of hydrogen-bond acceptors (Lipinski definition) is 6. The molecule has 2 atom stereocenters. The maximum atomic E-state index is 13.1. The van der Waals surface area contributed by atoms with Crippen LogP contribution >= 0.6 is 11.6 Å². The van der Waals surface area contributed by atoms with Crippen molar-refractivity contribution in [3.8, 4) is 0 Å². The second-order valence-electron chi connectivity index (χ2n) is 9.80. The van der Waals surface area contributed by atoms with Gasteiger partial charge in [-0.2, -0.15) is 4.31 Å². The summed E-state index contributed by atoms with van der Waals surface area (Å²) in [5.74, 6) is -1.23. The zero-order valence-electron chi connectivity index (χ0n) is 21.6. The van der Waals surface area contributed by atoms with Crippen molar-refractivity contribution in [3.63, 3.8) is 0 Å². The monoisotopic (exact) mass is 568 g/mol. The smallest absolute Gasteiger partial charge is 0.338 e. The first-order valence-corrected chi connectivity index (χ1v) is 14.3. The molecule has 1 N–H and O–H groups in total. The van der Waals surface area contributed by atoms with Crippen LogP contribution in [-0.4, -0.2) is 50.1 Å². The van der Waals surface area contributed by atoms with Crippen LogP contribution in [-0.2, 0) is 19.6 Å². The van der Waals surface area contributed by atoms with Crippen molar-refractivity contribution in [3.05, 3.63) is 94.5 Å². The molecule has 1 fully saturated rings. The Labute approximate surface area is 233 Å². The molecule has 0 aromatic heterocycles. The van der Waals surface area contributed by atoms with Crippen LogP contribution in [0.25, 0.3) is 0 Å². The van der Waals surface area contributed by atoms with Gasteiger partial charge in [0, 0.05) is 29.2 Å². The number of esters is 1. The predicted octanol–water partition coefficient (Wildman–Crippen LogP) is 5.03. The van der Waals surface area contributed by atoms with Crippen LogP contribution in [0.3, 0.4) is 0 Å². The fourth-order valence-electron chi connectivity index (χ4n) is 4.67. The van der Waals surface area contributed by atoms with E-state index in [1.165, 1.54) is 46.8 Å². The summed E-state index contributed by atoms with van der Waals surface area (Å²) in [4.78, 5) is 38.1. The minimum absolute atomic E-state index is 0.0939. The summed E-state index contributed by atoms with van der Waals surface area (Å²) in [6.07, 6.45) is 0.979. The summed E-state index contributed by atoms with van der Waals surface area (Å²) in [5.41, 5.74) is 0.956. The van der Waals surface area contributed by atoms with Gasteiger partial charge in [0.15, 0.2) is 12.4 Å². The summed E-state index contributed by atoms with van der Waals surface area (Å²) in [6.45, 7) is 4.37. The Morgan fingerprint density at radius 2 is 1.56 bits per heavy atom. The van der Waals surface area contributed by atoms with Crippen molar-refractivity contribution >= 4 is 45.0 Å². The molecule has 3 aromatic rings. The van der Waals surface area contributed by atoms with Crippen LogP contribution in [0.15, 0.2) is 77.7 Å². The Hall–Kier alpha value is -3.53. The lowest BCUT2D eigenvalue weighted by Crippen LogP contribution is -2.42. The van der Waals surface area contributed by atoms with E-state index >= 15 is 0 Å². The molecule has 1 amide bonds. The fraction of sp³-hybridized carbons (Fsp3) is 0.276. The number of amides is 1. The lowest BCUT2D eigenvalue weighted by atomic mass is 9.94. The van der Waals surface area contributed by atoms with E-state index in [1.54, 1.807) is 30.3 Å². The fourth-order valence-corrected chi connectivity index (χ4v) is 6.52. The lowest BCUT2D eigenvalue weighted by Gasteiger charge is -2.34. The van der Waals surface area contributed by atoms with Crippen molar-refractivity contribution in [1.29, 1.82) is 0 Å². The standard InChI is InChI=1S/C29H29ClN2O6S/c1-19-14-20(2)17-32(16-19)39(36,37)24-11-8-22(9-12-24)29(35)38-18-27(33)31-26-13-10-23(30)15-25(26)28(34)21-6-4-3-5-7-21/h3-13,15,19-20H,14,16-18H2,1-2H3,(H,31,33). The van der Waals surface area contributed by atoms with Crippen molar-refractivity contribution in [2.24, 2.45) is 11.8 Å². The van der Waals surface area contributed by atoms with Crippen molar-refractivity contribution in [1.82, 2.24) is 4.31 Å². The molecule has 0 radical (unpaired) electrons. The Kier molecular flexibility index (Phi) is 8.84. The summed E-state index contributed by atoms with van der Waals surface area (Å²) in [7, 11) is -3.68. The number of anilines is 1. The van der Waals surface area contributed by atoms with E-state index in [0.29, 0.717) is 23.7 Å². The average molecular weight is 569 g/mol. The lowest BCUT2D eigenvalue weighted by molar-refractivity contribution is -0.119. The number of piperidine rings is 1. The molecular formula is C29H29ClN2O6S. The van der Waals surface area contributed by atoms with Gasteiger partial charge in [0.1, 0.15) is 0 Å². The highest BCUT2D eigenvalue weighted by Gasteiger charge is 2.31. The van der Waals surface area contributed by atoms with E-state index in [0.717, 1.165) is 6.42 Å². The molecule has 4 rings (SSSR count). The Morgan fingerprint density at radius 1 is 0.923 bits per heavy atom. The number of carbonyl (C=O) groups is 3. The molecule has 39 heavy (non-hydrogen) atoms. The molecule has 2 unspecified atom stereocenters. The number of nitrogens with zero attached hydrogens (tertiary/aromatic N) is 1. The quantitative estimate of drug-likeness (QED) is 0.301. The van der Waals surface area contributed by atoms with Crippen molar-refractivity contribution in [2.75, 3.05) is 25.0 Å². The molecule has 8 nitrogen and oxygen atoms in total. The first kappa shape index (κ1) is 28.5. The number of ether oxygens (including phenoxy) is 1. The van der Waals surface area contributed by atoms with Gasteiger partial charge in [-0.15, -0.1) is 0 Å². The molecule has 10 heteroatoms. The maximum Gasteiger partial charge on any atom is 0.338 e. The minimum atomic E-state index is -3.68. The molecule has 0 saturated carbocycles. The third-order valence-corrected chi connectivity index (χ3v) is 8.51. The van der Waals surface area contributed by atoms with Gasteiger partial charge in [-0.05, 0) is 60.7 Å². The molecule has 3 aromatic carbocycles. The SMILES string of the molecule is CC1CC(C)CN(S(=O)(=O)c2ccc(C(=O)OCC(=O)Nc3ccc(Cl)cc3C(=O)c3ccccc3)cc2)C1. The van der Waals surface area contributed by atoms with Crippen molar-refractivity contribution in [2.45, 2.75) is 25.2 Å². The predicted molar refractivity (Wildman–Crippen MR) is 148 cm³/mol. The van der Waals surface area contributed by atoms with Crippen LogP contribution in [0.4, 0.5) is 5.69 Å². The van der Waals surface area contributed by atoms with Gasteiger partial charge in [0.25, 0.3) is 5.91 Å². The number of carbonyl (C=O) groups excluding carboxylic acids is 3. The molecule has 0 spiro atoms. The van der Waals surface area contributed by atoms with E-state index in [2.05, 4.69) is 5.32 Å². The molecule has 1 saturated heterocycles.